The number of rotatable bonds is 3. The zero-order valence-corrected chi connectivity index (χ0v) is 10.5. The SMILES string of the molecule is N/C=C(/C(N)=O)C(N)=Nc1cccc(I)c1. The molecular weight excluding hydrogens is 319 g/mol. The number of hydrogen-bond acceptors (Lipinski definition) is 3. The summed E-state index contributed by atoms with van der Waals surface area (Å²) in [4.78, 5) is 15.0. The number of carbonyl (C=O) groups is 1. The molecule has 6 heteroatoms. The molecular formula is C10H11IN4O. The second-order valence-corrected chi connectivity index (χ2v) is 4.17. The van der Waals surface area contributed by atoms with Crippen LogP contribution >= 0.6 is 22.6 Å². The van der Waals surface area contributed by atoms with Gasteiger partial charge in [0.15, 0.2) is 0 Å². The van der Waals surface area contributed by atoms with Gasteiger partial charge in [-0.3, -0.25) is 4.79 Å². The number of amides is 1. The molecule has 0 aliphatic heterocycles. The van der Waals surface area contributed by atoms with Gasteiger partial charge < -0.3 is 17.2 Å². The molecule has 0 aromatic heterocycles. The fraction of sp³-hybridized carbons (Fsp3) is 0. The van der Waals surface area contributed by atoms with E-state index < -0.39 is 5.91 Å². The number of hydrogen-bond donors (Lipinski definition) is 3. The minimum atomic E-state index is -0.700. The van der Waals surface area contributed by atoms with Gasteiger partial charge in [-0.2, -0.15) is 0 Å². The van der Waals surface area contributed by atoms with Crippen molar-refractivity contribution in [3.05, 3.63) is 39.6 Å². The highest BCUT2D eigenvalue weighted by Gasteiger charge is 2.08. The summed E-state index contributed by atoms with van der Waals surface area (Å²) in [7, 11) is 0. The number of nitrogens with zero attached hydrogens (tertiary/aromatic N) is 1. The molecule has 0 fully saturated rings. The van der Waals surface area contributed by atoms with Gasteiger partial charge in [0.05, 0.1) is 11.3 Å². The summed E-state index contributed by atoms with van der Waals surface area (Å²) < 4.78 is 1.02. The quantitative estimate of drug-likeness (QED) is 0.327. The maximum atomic E-state index is 10.9. The summed E-state index contributed by atoms with van der Waals surface area (Å²) in [5.41, 5.74) is 16.6. The first kappa shape index (κ1) is 12.5. The third kappa shape index (κ3) is 3.23. The van der Waals surface area contributed by atoms with Gasteiger partial charge in [-0.15, -0.1) is 0 Å². The normalized spacial score (nSPS) is 12.6. The van der Waals surface area contributed by atoms with Crippen LogP contribution < -0.4 is 17.2 Å². The second kappa shape index (κ2) is 5.50. The van der Waals surface area contributed by atoms with Gasteiger partial charge in [-0.05, 0) is 40.8 Å². The molecule has 0 spiro atoms. The molecule has 0 aliphatic carbocycles. The van der Waals surface area contributed by atoms with Crippen molar-refractivity contribution >= 4 is 40.0 Å². The fourth-order valence-corrected chi connectivity index (χ4v) is 1.57. The molecule has 0 atom stereocenters. The Morgan fingerprint density at radius 3 is 2.56 bits per heavy atom. The first-order valence-corrected chi connectivity index (χ1v) is 5.44. The van der Waals surface area contributed by atoms with E-state index in [0.29, 0.717) is 5.69 Å². The predicted molar refractivity (Wildman–Crippen MR) is 71.9 cm³/mol. The second-order valence-electron chi connectivity index (χ2n) is 2.92. The van der Waals surface area contributed by atoms with E-state index >= 15 is 0 Å². The Hall–Kier alpha value is -1.57. The molecule has 1 rings (SSSR count). The Kier molecular flexibility index (Phi) is 4.29. The molecule has 0 aliphatic rings. The standard InChI is InChI=1S/C10H11IN4O/c11-6-2-1-3-7(4-6)15-9(13)8(5-12)10(14)16/h1-5H,12H2,(H2,13,15)(H2,14,16)/b8-5+. The maximum absolute atomic E-state index is 10.9. The van der Waals surface area contributed by atoms with Crippen LogP contribution in [0.3, 0.4) is 0 Å². The van der Waals surface area contributed by atoms with Crippen molar-refractivity contribution in [2.45, 2.75) is 0 Å². The van der Waals surface area contributed by atoms with E-state index in [2.05, 4.69) is 27.6 Å². The summed E-state index contributed by atoms with van der Waals surface area (Å²) >= 11 is 2.15. The highest BCUT2D eigenvalue weighted by atomic mass is 127. The molecule has 5 nitrogen and oxygen atoms in total. The molecule has 1 amide bonds. The van der Waals surface area contributed by atoms with Crippen molar-refractivity contribution in [2.24, 2.45) is 22.2 Å². The highest BCUT2D eigenvalue weighted by molar-refractivity contribution is 14.1. The van der Waals surface area contributed by atoms with Gasteiger partial charge in [0.25, 0.3) is 5.91 Å². The van der Waals surface area contributed by atoms with Crippen LogP contribution in [0.4, 0.5) is 5.69 Å². The van der Waals surface area contributed by atoms with E-state index in [4.69, 9.17) is 17.2 Å². The van der Waals surface area contributed by atoms with Crippen LogP contribution in [0.2, 0.25) is 0 Å². The zero-order valence-electron chi connectivity index (χ0n) is 8.35. The molecule has 84 valence electrons. The van der Waals surface area contributed by atoms with E-state index in [1.165, 1.54) is 0 Å². The van der Waals surface area contributed by atoms with E-state index in [0.717, 1.165) is 9.77 Å². The number of carbonyl (C=O) groups excluding carboxylic acids is 1. The summed E-state index contributed by atoms with van der Waals surface area (Å²) in [6, 6.07) is 7.35. The van der Waals surface area contributed by atoms with Crippen molar-refractivity contribution in [3.8, 4) is 0 Å². The van der Waals surface area contributed by atoms with Gasteiger partial charge in [0, 0.05) is 9.77 Å². The summed E-state index contributed by atoms with van der Waals surface area (Å²) in [5.74, 6) is -0.689. The average Bonchev–Trinajstić information content (AvgIpc) is 2.17. The van der Waals surface area contributed by atoms with Crippen molar-refractivity contribution in [1.82, 2.24) is 0 Å². The molecule has 1 aromatic rings. The van der Waals surface area contributed by atoms with E-state index in [1.54, 1.807) is 6.07 Å². The molecule has 0 bridgehead atoms. The van der Waals surface area contributed by atoms with E-state index in [9.17, 15) is 4.79 Å². The zero-order chi connectivity index (χ0) is 12.1. The van der Waals surface area contributed by atoms with Crippen molar-refractivity contribution in [1.29, 1.82) is 0 Å². The van der Waals surface area contributed by atoms with Crippen LogP contribution in [0.5, 0.6) is 0 Å². The first-order valence-electron chi connectivity index (χ1n) is 4.36. The van der Waals surface area contributed by atoms with Crippen LogP contribution in [0, 0.1) is 3.57 Å². The number of benzene rings is 1. The van der Waals surface area contributed by atoms with Crippen LogP contribution in [-0.2, 0) is 4.79 Å². The van der Waals surface area contributed by atoms with Crippen molar-refractivity contribution in [3.63, 3.8) is 0 Å². The number of nitrogens with two attached hydrogens (primary N) is 3. The molecule has 0 saturated heterocycles. The average molecular weight is 330 g/mol. The van der Waals surface area contributed by atoms with E-state index in [1.807, 2.05) is 18.2 Å². The lowest BCUT2D eigenvalue weighted by Gasteiger charge is -2.02. The molecule has 0 heterocycles. The lowest BCUT2D eigenvalue weighted by molar-refractivity contribution is -0.114. The summed E-state index contributed by atoms with van der Waals surface area (Å²) in [6.45, 7) is 0. The minimum absolute atomic E-state index is 0.0111. The van der Waals surface area contributed by atoms with Gasteiger partial charge >= 0.3 is 0 Å². The largest absolute Gasteiger partial charge is 0.404 e. The fourth-order valence-electron chi connectivity index (χ4n) is 1.04. The molecule has 1 aromatic carbocycles. The van der Waals surface area contributed by atoms with Gasteiger partial charge in [0.1, 0.15) is 5.84 Å². The summed E-state index contributed by atoms with van der Waals surface area (Å²) in [5, 5.41) is 0. The van der Waals surface area contributed by atoms with Crippen LogP contribution in [0.25, 0.3) is 0 Å². The van der Waals surface area contributed by atoms with Crippen LogP contribution in [0.1, 0.15) is 0 Å². The first-order chi connectivity index (χ1) is 7.54. The van der Waals surface area contributed by atoms with Gasteiger partial charge in [-0.1, -0.05) is 6.07 Å². The third-order valence-electron chi connectivity index (χ3n) is 1.77. The topological polar surface area (TPSA) is 107 Å². The Balaban J connectivity index is 3.05. The van der Waals surface area contributed by atoms with Crippen molar-refractivity contribution < 1.29 is 4.79 Å². The van der Waals surface area contributed by atoms with Gasteiger partial charge in [-0.25, -0.2) is 4.99 Å². The number of aliphatic imine (C=N–C) groups is 1. The monoisotopic (exact) mass is 330 g/mol. The molecule has 0 radical (unpaired) electrons. The molecule has 0 unspecified atom stereocenters. The van der Waals surface area contributed by atoms with Gasteiger partial charge in [0.2, 0.25) is 0 Å². The van der Waals surface area contributed by atoms with Crippen LogP contribution in [-0.4, -0.2) is 11.7 Å². The van der Waals surface area contributed by atoms with E-state index in [-0.39, 0.29) is 11.4 Å². The number of halogens is 1. The van der Waals surface area contributed by atoms with Crippen LogP contribution in [0.15, 0.2) is 41.0 Å². The Morgan fingerprint density at radius 2 is 2.06 bits per heavy atom. The highest BCUT2D eigenvalue weighted by Crippen LogP contribution is 2.16. The maximum Gasteiger partial charge on any atom is 0.253 e. The Bertz CT molecular complexity index is 468. The minimum Gasteiger partial charge on any atom is -0.404 e. The Labute approximate surface area is 107 Å². The smallest absolute Gasteiger partial charge is 0.253 e. The lowest BCUT2D eigenvalue weighted by Crippen LogP contribution is -2.27. The van der Waals surface area contributed by atoms with Crippen molar-refractivity contribution in [2.75, 3.05) is 0 Å². The number of amidine groups is 1. The molecule has 6 N–H and O–H groups in total. The summed E-state index contributed by atoms with van der Waals surface area (Å²) in [6.07, 6.45) is 1.05. The Morgan fingerprint density at radius 1 is 1.38 bits per heavy atom. The third-order valence-corrected chi connectivity index (χ3v) is 2.44. The predicted octanol–water partition coefficient (Wildman–Crippen LogP) is 0.608. The molecule has 16 heavy (non-hydrogen) atoms. The molecule has 0 saturated carbocycles. The lowest BCUT2D eigenvalue weighted by atomic mass is 10.2. The number of primary amides is 1.